The van der Waals surface area contributed by atoms with Crippen molar-refractivity contribution in [1.29, 1.82) is 31.6 Å². The average Bonchev–Trinajstić information content (AvgIpc) is 0.742. The first-order valence-corrected chi connectivity index (χ1v) is 45.4. The van der Waals surface area contributed by atoms with Crippen LogP contribution in [0, 0.1) is 68.0 Å². The molecule has 662 valence electrons. The molecule has 0 fully saturated rings. The van der Waals surface area contributed by atoms with E-state index in [1.165, 1.54) is 0 Å². The summed E-state index contributed by atoms with van der Waals surface area (Å²) in [6.07, 6.45) is 0.500. The lowest BCUT2D eigenvalue weighted by Crippen LogP contribution is -2.66. The number of carbonyl (C=O) groups is 1. The van der Waals surface area contributed by atoms with Gasteiger partial charge in [-0.25, -0.2) is 4.79 Å². The van der Waals surface area contributed by atoms with Crippen molar-refractivity contribution in [2.45, 2.75) is 97.6 Å². The Bertz CT molecular complexity index is 6510. The Balaban J connectivity index is 0.875. The molecule has 14 aromatic carbocycles. The Labute approximate surface area is 776 Å². The van der Waals surface area contributed by atoms with Crippen LogP contribution in [0.25, 0.3) is 0 Å². The lowest BCUT2D eigenvalue weighted by Gasteiger charge is -2.43. The van der Waals surface area contributed by atoms with Crippen LogP contribution in [0.4, 0.5) is 0 Å². The molecule has 0 heterocycles. The fourth-order valence-corrected chi connectivity index (χ4v) is 20.4. The van der Waals surface area contributed by atoms with Crippen molar-refractivity contribution in [2.24, 2.45) is 0 Å². The zero-order valence-corrected chi connectivity index (χ0v) is 75.0. The summed E-state index contributed by atoms with van der Waals surface area (Å²) in [6, 6.07) is 115. The first-order valence-electron chi connectivity index (χ1n) is 43.4. The van der Waals surface area contributed by atoms with Crippen LogP contribution in [0.2, 0.25) is 5.04 Å². The summed E-state index contributed by atoms with van der Waals surface area (Å²) in [6.45, 7) is 5.52. The molecule has 14 rings (SSSR count). The number of esters is 1. The smallest absolute Gasteiger partial charge is 0.343 e. The van der Waals surface area contributed by atoms with Gasteiger partial charge in [0.1, 0.15) is 138 Å². The number of ether oxygens (including phenoxy) is 12. The third-order valence-electron chi connectivity index (χ3n) is 22.2. The molecule has 133 heavy (non-hydrogen) atoms. The molecule has 0 amide bonds. The van der Waals surface area contributed by atoms with Crippen LogP contribution in [-0.4, -0.2) is 53.9 Å². The van der Waals surface area contributed by atoms with Crippen LogP contribution < -0.4 is 67.2 Å². The van der Waals surface area contributed by atoms with Gasteiger partial charge in [-0.3, -0.25) is 0 Å². The normalized spacial score (nSPS) is 10.9. The summed E-state index contributed by atoms with van der Waals surface area (Å²) in [7, 11) is -3.15. The molecule has 0 radical (unpaired) electrons. The number of nitriles is 6. The van der Waals surface area contributed by atoms with Gasteiger partial charge >= 0.3 is 5.97 Å². The number of hydrogen-bond acceptors (Lipinski definition) is 20. The van der Waals surface area contributed by atoms with E-state index in [4.69, 9.17) is 61.3 Å². The van der Waals surface area contributed by atoms with Crippen LogP contribution >= 0.6 is 0 Å². The highest BCUT2D eigenvalue weighted by Crippen LogP contribution is 2.45. The zero-order chi connectivity index (χ0) is 92.4. The van der Waals surface area contributed by atoms with Gasteiger partial charge in [0.2, 0.25) is 0 Å². The second-order valence-electron chi connectivity index (χ2n) is 32.3. The lowest BCUT2D eigenvalue weighted by atomic mass is 9.93. The highest BCUT2D eigenvalue weighted by Gasteiger charge is 2.50. The first kappa shape index (κ1) is 92.6. The molecular formula is C112H96N6O14Si. The van der Waals surface area contributed by atoms with E-state index in [0.29, 0.717) is 130 Å². The van der Waals surface area contributed by atoms with Gasteiger partial charge in [-0.05, 0) is 134 Å². The number of rotatable bonds is 44. The number of hydrogen-bond donors (Lipinski definition) is 0. The summed E-state index contributed by atoms with van der Waals surface area (Å²) in [4.78, 5) is 13.5. The highest BCUT2D eigenvalue weighted by atomic mass is 28.4. The third-order valence-corrected chi connectivity index (χ3v) is 27.2. The Morgan fingerprint density at radius 2 is 0.466 bits per heavy atom. The molecule has 0 bridgehead atoms. The fourth-order valence-electron chi connectivity index (χ4n) is 15.9. The van der Waals surface area contributed by atoms with Gasteiger partial charge in [-0.1, -0.05) is 251 Å². The standard InChI is InChI=1S/C112H96N6O14Si/c1-112(2,3)133(98-40-24-10-25-41-98,99-42-26-11-27-43-99)131-79-96-73-109(130-78-84-36-20-8-21-37-84)95(72-110(96)125-57-51-118)62-90-71-108(129-77-83-34-18-7-19-35-83)94(67-104(90)124-56-50-117)61-89-70-107(128-76-82-32-16-6-17-33-82)93(66-103(89)123-55-49-116)60-88-69-106(127-75-81-30-14-5-15-31-81)92(65-102(88)122-54-48-115)59-87-68-105(126-74-80-28-12-4-13-29-80)91(64-101(87)121-53-47-114)58-86-63-97(44-45-100(86)120-52-46-113)132-111(119)85-38-22-9-23-39-85/h4-45,63-73H,52-62,74-79H2,1-3H3. The Morgan fingerprint density at radius 1 is 0.248 bits per heavy atom. The van der Waals surface area contributed by atoms with Crippen molar-refractivity contribution in [3.8, 4) is 105 Å². The van der Waals surface area contributed by atoms with E-state index in [-0.39, 0.29) is 122 Å². The van der Waals surface area contributed by atoms with E-state index in [1.807, 2.05) is 243 Å². The van der Waals surface area contributed by atoms with Crippen molar-refractivity contribution in [1.82, 2.24) is 0 Å². The zero-order valence-electron chi connectivity index (χ0n) is 74.0. The fraction of sp³-hybridized carbons (Fsp3) is 0.188. The van der Waals surface area contributed by atoms with Crippen LogP contribution in [0.3, 0.4) is 0 Å². The molecule has 0 atom stereocenters. The maximum absolute atomic E-state index is 13.5. The topological polar surface area (TPSA) is 280 Å². The van der Waals surface area contributed by atoms with Crippen LogP contribution in [0.1, 0.15) is 120 Å². The molecule has 0 saturated carbocycles. The van der Waals surface area contributed by atoms with E-state index < -0.39 is 14.3 Å². The summed E-state index contributed by atoms with van der Waals surface area (Å²) in [5.41, 5.74) is 11.4. The second kappa shape index (κ2) is 46.5. The van der Waals surface area contributed by atoms with Gasteiger partial charge in [-0.15, -0.1) is 0 Å². The van der Waals surface area contributed by atoms with Crippen molar-refractivity contribution in [3.63, 3.8) is 0 Å². The minimum atomic E-state index is -3.15. The summed E-state index contributed by atoms with van der Waals surface area (Å²) < 4.78 is 86.7. The molecule has 0 unspecified atom stereocenters. The van der Waals surface area contributed by atoms with Crippen molar-refractivity contribution >= 4 is 24.7 Å². The molecule has 21 heteroatoms. The molecule has 0 saturated heterocycles. The first-order chi connectivity index (χ1) is 65.2. The van der Waals surface area contributed by atoms with Crippen LogP contribution in [-0.2, 0) is 76.2 Å². The summed E-state index contributed by atoms with van der Waals surface area (Å²) >= 11 is 0. The Hall–Kier alpha value is -16.5. The van der Waals surface area contributed by atoms with Gasteiger partial charge in [0, 0.05) is 93.3 Å². The van der Waals surface area contributed by atoms with E-state index in [0.717, 1.165) is 38.2 Å². The maximum atomic E-state index is 13.5. The molecule has 0 aliphatic carbocycles. The monoisotopic (exact) mass is 1780 g/mol. The lowest BCUT2D eigenvalue weighted by molar-refractivity contribution is 0.0734. The predicted octanol–water partition coefficient (Wildman–Crippen LogP) is 21.2. The largest absolute Gasteiger partial charge is 0.489 e. The van der Waals surface area contributed by atoms with Gasteiger partial charge in [0.05, 0.1) is 12.2 Å². The molecule has 0 aromatic heterocycles. The average molecular weight is 1780 g/mol. The number of carbonyl (C=O) groups excluding carboxylic acids is 1. The third kappa shape index (κ3) is 24.9. The molecule has 0 aliphatic rings. The van der Waals surface area contributed by atoms with Gasteiger partial charge < -0.3 is 61.3 Å². The molecule has 0 aliphatic heterocycles. The summed E-state index contributed by atoms with van der Waals surface area (Å²) in [5.74, 6) is 3.98. The van der Waals surface area contributed by atoms with E-state index in [1.54, 1.807) is 54.6 Å². The van der Waals surface area contributed by atoms with Crippen LogP contribution in [0.5, 0.6) is 69.0 Å². The Kier molecular flexibility index (Phi) is 32.4. The van der Waals surface area contributed by atoms with Gasteiger partial charge in [0.25, 0.3) is 8.32 Å². The molecule has 0 spiro atoms. The van der Waals surface area contributed by atoms with Crippen molar-refractivity contribution in [2.75, 3.05) is 39.6 Å². The number of benzene rings is 14. The van der Waals surface area contributed by atoms with E-state index >= 15 is 0 Å². The van der Waals surface area contributed by atoms with Crippen molar-refractivity contribution in [3.05, 3.63) is 416 Å². The minimum absolute atomic E-state index is 0.0763. The maximum Gasteiger partial charge on any atom is 0.343 e. The molecule has 20 nitrogen and oxygen atoms in total. The molecular weight excluding hydrogens is 1680 g/mol. The molecule has 14 aromatic rings. The van der Waals surface area contributed by atoms with Gasteiger partial charge in [-0.2, -0.15) is 31.6 Å². The van der Waals surface area contributed by atoms with Crippen LogP contribution in [0.15, 0.2) is 322 Å². The quantitative estimate of drug-likeness (QED) is 0.0195. The molecule has 0 N–H and O–H groups in total. The SMILES string of the molecule is CC(C)(C)[Si](OCc1cc(OCc2ccccc2)c(Cc2cc(OCc3ccccc3)c(Cc3cc(OCc4ccccc4)c(Cc4cc(OCc5ccccc5)c(Cc5cc(OCc6ccccc6)c(Cc6cc(OC(=O)c7ccccc7)ccc6OCC#N)cc5OCC#N)cc4OCC#N)cc3OCC#N)cc2OCC#N)cc1OCC#N)(c1ccccc1)c1ccccc1. The minimum Gasteiger partial charge on any atom is -0.489 e. The summed E-state index contributed by atoms with van der Waals surface area (Å²) in [5, 5.41) is 63.3. The van der Waals surface area contributed by atoms with E-state index in [9.17, 15) is 36.4 Å². The number of nitrogens with zero attached hydrogens (tertiary/aromatic N) is 6. The van der Waals surface area contributed by atoms with E-state index in [2.05, 4.69) is 81.5 Å². The Morgan fingerprint density at radius 3 is 0.722 bits per heavy atom. The van der Waals surface area contributed by atoms with Crippen molar-refractivity contribution < 1.29 is 66.1 Å². The second-order valence-corrected chi connectivity index (χ2v) is 36.6. The predicted molar refractivity (Wildman–Crippen MR) is 507 cm³/mol. The highest BCUT2D eigenvalue weighted by molar-refractivity contribution is 6.99. The van der Waals surface area contributed by atoms with Gasteiger partial charge in [0.15, 0.2) is 39.6 Å².